The summed E-state index contributed by atoms with van der Waals surface area (Å²) in [6.07, 6.45) is 0. The van der Waals surface area contributed by atoms with Gasteiger partial charge in [0.2, 0.25) is 0 Å². The maximum Gasteiger partial charge on any atom is 0.262 e. The van der Waals surface area contributed by atoms with Gasteiger partial charge in [-0.1, -0.05) is 113 Å². The SMILES string of the molecule is CC(C)C(C)n1c(=O)c2c(-c3ccccc3)c3ccc4c5c(=O)n(C(C)C(C)C)c(=O)c5c(-c5ccccc5)c5ccc(c2c1=O)c3c54. The summed E-state index contributed by atoms with van der Waals surface area (Å²) >= 11 is 0. The van der Waals surface area contributed by atoms with Gasteiger partial charge < -0.3 is 0 Å². The van der Waals surface area contributed by atoms with Crippen LogP contribution >= 0.6 is 0 Å². The van der Waals surface area contributed by atoms with Crippen LogP contribution in [0.5, 0.6) is 0 Å². The second kappa shape index (κ2) is 10.6. The number of hydrogen-bond donors (Lipinski definition) is 0. The van der Waals surface area contributed by atoms with Gasteiger partial charge in [-0.2, -0.15) is 0 Å². The molecule has 6 heteroatoms. The van der Waals surface area contributed by atoms with Gasteiger partial charge in [0.1, 0.15) is 0 Å². The van der Waals surface area contributed by atoms with E-state index in [-0.39, 0.29) is 46.2 Å². The summed E-state index contributed by atoms with van der Waals surface area (Å²) in [6, 6.07) is 26.7. The molecule has 2 heterocycles. The Morgan fingerprint density at radius 2 is 0.688 bits per heavy atom. The second-order valence-corrected chi connectivity index (χ2v) is 14.0. The Balaban J connectivity index is 1.69. The van der Waals surface area contributed by atoms with E-state index in [9.17, 15) is 19.2 Å². The zero-order valence-corrected chi connectivity index (χ0v) is 27.9. The van der Waals surface area contributed by atoms with E-state index in [0.717, 1.165) is 32.7 Å². The normalized spacial score (nSPS) is 13.8. The zero-order chi connectivity index (χ0) is 33.8. The first-order valence-electron chi connectivity index (χ1n) is 16.8. The zero-order valence-electron chi connectivity index (χ0n) is 27.9. The van der Waals surface area contributed by atoms with Crippen LogP contribution in [0.25, 0.3) is 76.1 Å². The lowest BCUT2D eigenvalue weighted by atomic mass is 9.83. The van der Waals surface area contributed by atoms with Crippen LogP contribution in [-0.4, -0.2) is 9.13 Å². The van der Waals surface area contributed by atoms with Gasteiger partial charge >= 0.3 is 0 Å². The van der Waals surface area contributed by atoms with E-state index in [1.165, 1.54) is 9.13 Å². The molecule has 0 aliphatic rings. The van der Waals surface area contributed by atoms with Gasteiger partial charge in [0.15, 0.2) is 0 Å². The molecule has 6 aromatic carbocycles. The average Bonchev–Trinajstić information content (AvgIpc) is 3.50. The van der Waals surface area contributed by atoms with Gasteiger partial charge in [0.05, 0.1) is 21.5 Å². The third kappa shape index (κ3) is 3.86. The quantitative estimate of drug-likeness (QED) is 0.172. The summed E-state index contributed by atoms with van der Waals surface area (Å²) in [4.78, 5) is 57.6. The Bertz CT molecular complexity index is 2590. The molecule has 0 N–H and O–H groups in total. The minimum atomic E-state index is -0.304. The van der Waals surface area contributed by atoms with Crippen LogP contribution in [0.4, 0.5) is 0 Å². The van der Waals surface area contributed by atoms with Crippen LogP contribution in [0.15, 0.2) is 104 Å². The molecule has 0 fully saturated rings. The van der Waals surface area contributed by atoms with Crippen LogP contribution in [0.2, 0.25) is 0 Å². The van der Waals surface area contributed by atoms with E-state index < -0.39 is 0 Å². The Kier molecular flexibility index (Phi) is 6.61. The van der Waals surface area contributed by atoms with Crippen molar-refractivity contribution in [2.45, 2.75) is 53.6 Å². The standard InChI is InChI=1S/C42H36N2O4/c1-21(2)23(5)43-39(45)35-29-19-17-28-32(26-15-11-8-12-16-26)38-36(40(46)44(42(38)48)24(6)22(3)4)30-20-18-27(33(29)34(28)30)31(37(35)41(43)47)25-13-9-7-10-14-25/h7-24H,1-6H3. The molecule has 0 amide bonds. The first-order chi connectivity index (χ1) is 23.0. The van der Waals surface area contributed by atoms with Crippen molar-refractivity contribution in [3.8, 4) is 22.3 Å². The topological polar surface area (TPSA) is 78.1 Å². The Hall–Kier alpha value is -5.36. The molecule has 238 valence electrons. The minimum Gasteiger partial charge on any atom is -0.271 e. The molecule has 8 rings (SSSR count). The monoisotopic (exact) mass is 632 g/mol. The number of nitrogens with zero attached hydrogens (tertiary/aromatic N) is 2. The highest BCUT2D eigenvalue weighted by Gasteiger charge is 2.30. The molecule has 2 atom stereocenters. The number of hydrogen-bond acceptors (Lipinski definition) is 4. The van der Waals surface area contributed by atoms with Gasteiger partial charge in [-0.3, -0.25) is 28.3 Å². The Morgan fingerprint density at radius 3 is 1.02 bits per heavy atom. The number of aromatic nitrogens is 2. The van der Waals surface area contributed by atoms with Crippen LogP contribution in [0, 0.1) is 11.8 Å². The third-order valence-corrected chi connectivity index (χ3v) is 10.8. The molecule has 0 aliphatic carbocycles. The number of benzene rings is 6. The maximum atomic E-state index is 14.4. The molecular formula is C42H36N2O4. The van der Waals surface area contributed by atoms with Crippen molar-refractivity contribution in [3.63, 3.8) is 0 Å². The molecule has 0 aliphatic heterocycles. The molecule has 2 aromatic heterocycles. The smallest absolute Gasteiger partial charge is 0.262 e. The summed E-state index contributed by atoms with van der Waals surface area (Å²) in [5.74, 6) is 0.133. The lowest BCUT2D eigenvalue weighted by Gasteiger charge is -2.18. The predicted molar refractivity (Wildman–Crippen MR) is 199 cm³/mol. The van der Waals surface area contributed by atoms with E-state index >= 15 is 0 Å². The van der Waals surface area contributed by atoms with E-state index in [0.29, 0.717) is 43.4 Å². The molecular weight excluding hydrogens is 596 g/mol. The van der Waals surface area contributed by atoms with Gasteiger partial charge in [-0.15, -0.1) is 0 Å². The summed E-state index contributed by atoms with van der Waals surface area (Å²) in [6.45, 7) is 11.9. The molecule has 0 spiro atoms. The lowest BCUT2D eigenvalue weighted by Crippen LogP contribution is -2.31. The molecule has 6 nitrogen and oxygen atoms in total. The summed E-state index contributed by atoms with van der Waals surface area (Å²) in [7, 11) is 0. The van der Waals surface area contributed by atoms with Crippen molar-refractivity contribution in [1.82, 2.24) is 9.13 Å². The molecule has 8 aromatic rings. The highest BCUT2D eigenvalue weighted by atomic mass is 16.2. The van der Waals surface area contributed by atoms with Crippen LogP contribution in [0.1, 0.15) is 53.6 Å². The molecule has 0 saturated carbocycles. The number of rotatable bonds is 6. The molecule has 0 radical (unpaired) electrons. The molecule has 0 bridgehead atoms. The largest absolute Gasteiger partial charge is 0.271 e. The predicted octanol–water partition coefficient (Wildman–Crippen LogP) is 8.58. The summed E-state index contributed by atoms with van der Waals surface area (Å²) in [5, 5.41) is 6.28. The Labute approximate surface area is 276 Å². The van der Waals surface area contributed by atoms with Gasteiger partial charge in [-0.25, -0.2) is 0 Å². The van der Waals surface area contributed by atoms with Crippen LogP contribution < -0.4 is 22.2 Å². The first-order valence-corrected chi connectivity index (χ1v) is 16.8. The van der Waals surface area contributed by atoms with Crippen molar-refractivity contribution in [3.05, 3.63) is 126 Å². The van der Waals surface area contributed by atoms with Crippen molar-refractivity contribution < 1.29 is 0 Å². The van der Waals surface area contributed by atoms with E-state index in [1.54, 1.807) is 0 Å². The van der Waals surface area contributed by atoms with Crippen molar-refractivity contribution in [1.29, 1.82) is 0 Å². The van der Waals surface area contributed by atoms with E-state index in [1.807, 2.05) is 126 Å². The lowest BCUT2D eigenvalue weighted by molar-refractivity contribution is 0.395. The number of fused-ring (bicyclic) bond motifs is 4. The van der Waals surface area contributed by atoms with Crippen molar-refractivity contribution in [2.24, 2.45) is 11.8 Å². The van der Waals surface area contributed by atoms with E-state index in [2.05, 4.69) is 0 Å². The Morgan fingerprint density at radius 1 is 0.375 bits per heavy atom. The first kappa shape index (κ1) is 30.0. The van der Waals surface area contributed by atoms with Crippen molar-refractivity contribution in [2.75, 3.05) is 0 Å². The fourth-order valence-corrected chi connectivity index (χ4v) is 7.80. The summed E-state index contributed by atoms with van der Waals surface area (Å²) < 4.78 is 2.84. The maximum absolute atomic E-state index is 14.4. The fraction of sp³-hybridized carbons (Fsp3) is 0.238. The third-order valence-electron chi connectivity index (χ3n) is 10.8. The van der Waals surface area contributed by atoms with Gasteiger partial charge in [0.25, 0.3) is 22.2 Å². The minimum absolute atomic E-state index is 0.0666. The fourth-order valence-electron chi connectivity index (χ4n) is 7.80. The van der Waals surface area contributed by atoms with Crippen LogP contribution in [0.3, 0.4) is 0 Å². The van der Waals surface area contributed by atoms with E-state index in [4.69, 9.17) is 0 Å². The highest BCUT2D eigenvalue weighted by Crippen LogP contribution is 2.47. The highest BCUT2D eigenvalue weighted by molar-refractivity contribution is 6.38. The van der Waals surface area contributed by atoms with Crippen molar-refractivity contribution >= 4 is 53.9 Å². The van der Waals surface area contributed by atoms with Gasteiger partial charge in [-0.05, 0) is 69.1 Å². The summed E-state index contributed by atoms with van der Waals surface area (Å²) in [5.41, 5.74) is 1.92. The van der Waals surface area contributed by atoms with Gasteiger partial charge in [0, 0.05) is 23.2 Å². The molecule has 0 saturated heterocycles. The second-order valence-electron chi connectivity index (χ2n) is 14.0. The molecule has 48 heavy (non-hydrogen) atoms. The van der Waals surface area contributed by atoms with Crippen LogP contribution in [-0.2, 0) is 0 Å². The molecule has 2 unspecified atom stereocenters. The average molecular weight is 633 g/mol.